The van der Waals surface area contributed by atoms with Crippen molar-refractivity contribution in [1.29, 1.82) is 0 Å². The van der Waals surface area contributed by atoms with Gasteiger partial charge in [-0.1, -0.05) is 25.5 Å². The molecule has 8 heteroatoms. The maximum absolute atomic E-state index is 13.0. The van der Waals surface area contributed by atoms with Crippen LogP contribution in [0.4, 0.5) is 0 Å². The molecule has 0 spiro atoms. The third kappa shape index (κ3) is 2.77. The van der Waals surface area contributed by atoms with Crippen molar-refractivity contribution in [3.63, 3.8) is 0 Å². The van der Waals surface area contributed by atoms with Crippen molar-refractivity contribution in [3.8, 4) is 0 Å². The Kier molecular flexibility index (Phi) is 4.58. The Morgan fingerprint density at radius 1 is 1.27 bits per heavy atom. The molecule has 2 unspecified atom stereocenters. The molecule has 0 bridgehead atoms. The van der Waals surface area contributed by atoms with Gasteiger partial charge < -0.3 is 5.73 Å². The van der Waals surface area contributed by atoms with Gasteiger partial charge in [-0.25, -0.2) is 0 Å². The molecule has 2 heterocycles. The van der Waals surface area contributed by atoms with Gasteiger partial charge in [-0.05, 0) is 24.5 Å². The number of rotatable bonds is 5. The SMILES string of the molecule is CCCC(C(N)=O)c1cccc2c1C(=O)N(C1CCC(=O)NC1=O)C2=O. The van der Waals surface area contributed by atoms with Gasteiger partial charge >= 0.3 is 0 Å². The largest absolute Gasteiger partial charge is 0.369 e. The maximum atomic E-state index is 13.0. The van der Waals surface area contributed by atoms with E-state index < -0.39 is 41.5 Å². The molecule has 2 atom stereocenters. The van der Waals surface area contributed by atoms with Crippen LogP contribution >= 0.6 is 0 Å². The molecule has 2 aliphatic heterocycles. The molecule has 1 fully saturated rings. The fourth-order valence-corrected chi connectivity index (χ4v) is 3.57. The molecule has 0 radical (unpaired) electrons. The number of carbonyl (C=O) groups is 5. The van der Waals surface area contributed by atoms with Crippen LogP contribution in [-0.4, -0.2) is 40.5 Å². The minimum Gasteiger partial charge on any atom is -0.369 e. The summed E-state index contributed by atoms with van der Waals surface area (Å²) in [5, 5.41) is 2.15. The number of hydrogen-bond acceptors (Lipinski definition) is 5. The van der Waals surface area contributed by atoms with Crippen molar-refractivity contribution in [3.05, 3.63) is 34.9 Å². The average Bonchev–Trinajstić information content (AvgIpc) is 2.84. The molecule has 0 aromatic heterocycles. The Bertz CT molecular complexity index is 832. The quantitative estimate of drug-likeness (QED) is 0.740. The summed E-state index contributed by atoms with van der Waals surface area (Å²) in [6.45, 7) is 1.89. The Morgan fingerprint density at radius 3 is 2.62 bits per heavy atom. The highest BCUT2D eigenvalue weighted by Crippen LogP contribution is 2.34. The van der Waals surface area contributed by atoms with Crippen LogP contribution in [-0.2, 0) is 14.4 Å². The summed E-state index contributed by atoms with van der Waals surface area (Å²) in [6.07, 6.45) is 1.26. The van der Waals surface area contributed by atoms with Crippen molar-refractivity contribution >= 4 is 29.5 Å². The molecule has 2 aliphatic rings. The average molecular weight is 357 g/mol. The highest BCUT2D eigenvalue weighted by Gasteiger charge is 2.46. The smallest absolute Gasteiger partial charge is 0.262 e. The second kappa shape index (κ2) is 6.70. The molecule has 3 rings (SSSR count). The molecule has 8 nitrogen and oxygen atoms in total. The first-order chi connectivity index (χ1) is 12.4. The van der Waals surface area contributed by atoms with Crippen LogP contribution in [0.3, 0.4) is 0 Å². The summed E-state index contributed by atoms with van der Waals surface area (Å²) in [6, 6.07) is 3.67. The summed E-state index contributed by atoms with van der Waals surface area (Å²) in [7, 11) is 0. The van der Waals surface area contributed by atoms with E-state index in [-0.39, 0.29) is 24.0 Å². The molecule has 5 amide bonds. The molecular weight excluding hydrogens is 338 g/mol. The van der Waals surface area contributed by atoms with Gasteiger partial charge in [0.05, 0.1) is 17.0 Å². The van der Waals surface area contributed by atoms with Crippen molar-refractivity contribution < 1.29 is 24.0 Å². The number of imide groups is 2. The second-order valence-electron chi connectivity index (χ2n) is 6.46. The van der Waals surface area contributed by atoms with E-state index in [0.717, 1.165) is 4.90 Å². The number of amides is 5. The predicted octanol–water partition coefficient (Wildman–Crippen LogP) is 0.457. The number of fused-ring (bicyclic) bond motifs is 1. The van der Waals surface area contributed by atoms with Crippen LogP contribution in [0.1, 0.15) is 64.8 Å². The van der Waals surface area contributed by atoms with Gasteiger partial charge in [-0.3, -0.25) is 34.2 Å². The van der Waals surface area contributed by atoms with Gasteiger partial charge in [-0.2, -0.15) is 0 Å². The van der Waals surface area contributed by atoms with Crippen molar-refractivity contribution in [2.75, 3.05) is 0 Å². The lowest BCUT2D eigenvalue weighted by Gasteiger charge is -2.28. The zero-order valence-corrected chi connectivity index (χ0v) is 14.3. The lowest BCUT2D eigenvalue weighted by atomic mass is 9.88. The van der Waals surface area contributed by atoms with Gasteiger partial charge in [-0.15, -0.1) is 0 Å². The Labute approximate surface area is 149 Å². The molecule has 26 heavy (non-hydrogen) atoms. The second-order valence-corrected chi connectivity index (χ2v) is 6.46. The van der Waals surface area contributed by atoms with Crippen LogP contribution in [0.2, 0.25) is 0 Å². The van der Waals surface area contributed by atoms with Gasteiger partial charge in [0.25, 0.3) is 11.8 Å². The number of carbonyl (C=O) groups excluding carboxylic acids is 5. The summed E-state index contributed by atoms with van der Waals surface area (Å²) in [5.74, 6) is -3.58. The van der Waals surface area contributed by atoms with Crippen LogP contribution in [0, 0.1) is 0 Å². The Morgan fingerprint density at radius 2 is 2.00 bits per heavy atom. The number of benzene rings is 1. The standard InChI is InChI=1S/C18H19N3O5/c1-2-4-10(15(19)23)9-5-3-6-11-14(9)18(26)21(17(11)25)12-7-8-13(22)20-16(12)24/h3,5-6,10,12H,2,4,7-8H2,1H3,(H2,19,23)(H,20,22,24). The molecular formula is C18H19N3O5. The monoisotopic (exact) mass is 357 g/mol. The highest BCUT2D eigenvalue weighted by atomic mass is 16.2. The number of nitrogens with zero attached hydrogens (tertiary/aromatic N) is 1. The molecule has 1 aromatic rings. The van der Waals surface area contributed by atoms with E-state index in [1.165, 1.54) is 6.07 Å². The first-order valence-corrected chi connectivity index (χ1v) is 8.50. The predicted molar refractivity (Wildman–Crippen MR) is 90.0 cm³/mol. The molecule has 0 saturated carbocycles. The first kappa shape index (κ1) is 17.8. The fourth-order valence-electron chi connectivity index (χ4n) is 3.57. The molecule has 1 aromatic carbocycles. The molecule has 1 saturated heterocycles. The lowest BCUT2D eigenvalue weighted by Crippen LogP contribution is -2.54. The summed E-state index contributed by atoms with van der Waals surface area (Å²) >= 11 is 0. The van der Waals surface area contributed by atoms with Crippen LogP contribution in [0.15, 0.2) is 18.2 Å². The topological polar surface area (TPSA) is 127 Å². The normalized spacial score (nSPS) is 20.8. The Balaban J connectivity index is 2.03. The van der Waals surface area contributed by atoms with Gasteiger partial charge in [0.2, 0.25) is 17.7 Å². The van der Waals surface area contributed by atoms with E-state index in [2.05, 4.69) is 5.32 Å². The fraction of sp³-hybridized carbons (Fsp3) is 0.389. The van der Waals surface area contributed by atoms with Crippen LogP contribution < -0.4 is 11.1 Å². The minimum atomic E-state index is -1.04. The van der Waals surface area contributed by atoms with Crippen molar-refractivity contribution in [2.45, 2.75) is 44.6 Å². The van der Waals surface area contributed by atoms with E-state index in [0.29, 0.717) is 18.4 Å². The van der Waals surface area contributed by atoms with Gasteiger partial charge in [0.1, 0.15) is 6.04 Å². The first-order valence-electron chi connectivity index (χ1n) is 8.50. The van der Waals surface area contributed by atoms with E-state index in [1.807, 2.05) is 6.92 Å². The number of nitrogens with two attached hydrogens (primary N) is 1. The van der Waals surface area contributed by atoms with Gasteiger partial charge in [0.15, 0.2) is 0 Å². The van der Waals surface area contributed by atoms with E-state index in [1.54, 1.807) is 12.1 Å². The molecule has 3 N–H and O–H groups in total. The molecule has 136 valence electrons. The lowest BCUT2D eigenvalue weighted by molar-refractivity contribution is -0.136. The van der Waals surface area contributed by atoms with E-state index in [9.17, 15) is 24.0 Å². The highest BCUT2D eigenvalue weighted by molar-refractivity contribution is 6.24. The van der Waals surface area contributed by atoms with Crippen LogP contribution in [0.5, 0.6) is 0 Å². The maximum Gasteiger partial charge on any atom is 0.262 e. The minimum absolute atomic E-state index is 0.0520. The molecule has 0 aliphatic carbocycles. The Hall–Kier alpha value is -3.03. The summed E-state index contributed by atoms with van der Waals surface area (Å²) in [5.41, 5.74) is 6.18. The van der Waals surface area contributed by atoms with E-state index >= 15 is 0 Å². The van der Waals surface area contributed by atoms with Gasteiger partial charge in [0, 0.05) is 6.42 Å². The third-order valence-corrected chi connectivity index (χ3v) is 4.80. The van der Waals surface area contributed by atoms with Crippen molar-refractivity contribution in [2.24, 2.45) is 5.73 Å². The van der Waals surface area contributed by atoms with Crippen LogP contribution in [0.25, 0.3) is 0 Å². The zero-order valence-electron chi connectivity index (χ0n) is 14.3. The number of piperidine rings is 1. The summed E-state index contributed by atoms with van der Waals surface area (Å²) < 4.78 is 0. The third-order valence-electron chi connectivity index (χ3n) is 4.80. The number of hydrogen-bond donors (Lipinski definition) is 2. The van der Waals surface area contributed by atoms with E-state index in [4.69, 9.17) is 5.73 Å². The number of nitrogens with one attached hydrogen (secondary N) is 1. The number of primary amides is 1. The summed E-state index contributed by atoms with van der Waals surface area (Å²) in [4.78, 5) is 61.9. The van der Waals surface area contributed by atoms with Crippen molar-refractivity contribution in [1.82, 2.24) is 10.2 Å². The zero-order chi connectivity index (χ0) is 19.0.